The zero-order chi connectivity index (χ0) is 23.8. The minimum Gasteiger partial charge on any atom is -0.352 e. The summed E-state index contributed by atoms with van der Waals surface area (Å²) in [7, 11) is -3.83. The maximum atomic E-state index is 12.9. The zero-order valence-corrected chi connectivity index (χ0v) is 20.0. The predicted octanol–water partition coefficient (Wildman–Crippen LogP) is 4.19. The molecule has 0 unspecified atom stereocenters. The molecule has 0 saturated heterocycles. The molecule has 0 radical (unpaired) electrons. The van der Waals surface area contributed by atoms with E-state index in [1.807, 2.05) is 12.1 Å². The van der Waals surface area contributed by atoms with Gasteiger partial charge in [0.1, 0.15) is 0 Å². The highest BCUT2D eigenvalue weighted by Gasteiger charge is 2.18. The number of aromatic nitrogens is 2. The van der Waals surface area contributed by atoms with Crippen LogP contribution in [0.15, 0.2) is 51.9 Å². The summed E-state index contributed by atoms with van der Waals surface area (Å²) < 4.78 is 33.4. The smallest absolute Gasteiger partial charge is 0.261 e. The minimum absolute atomic E-state index is 0.0367. The van der Waals surface area contributed by atoms with E-state index in [0.29, 0.717) is 47.9 Å². The molecule has 2 aromatic carbocycles. The van der Waals surface area contributed by atoms with E-state index < -0.39 is 10.0 Å². The summed E-state index contributed by atoms with van der Waals surface area (Å²) in [5.41, 5.74) is 2.67. The molecule has 1 amide bonds. The molecule has 0 aliphatic heterocycles. The molecule has 33 heavy (non-hydrogen) atoms. The molecule has 0 aliphatic rings. The first-order chi connectivity index (χ1) is 15.8. The molecule has 176 valence electrons. The molecule has 9 heteroatoms. The van der Waals surface area contributed by atoms with E-state index in [1.165, 1.54) is 17.7 Å². The molecule has 0 bridgehead atoms. The van der Waals surface area contributed by atoms with Crippen LogP contribution < -0.4 is 10.0 Å². The standard InChI is InChI=1S/C24H30N4O4S/c1-4-5-7-19-10-12-20(13-11-19)28-33(30,31)21-14-9-17(2)22(16-21)24(29)25-15-6-8-23-26-18(3)27-32-23/h9-14,16,28H,4-8,15H2,1-3H3,(H,25,29). The maximum absolute atomic E-state index is 12.9. The van der Waals surface area contributed by atoms with Crippen molar-refractivity contribution in [1.29, 1.82) is 0 Å². The van der Waals surface area contributed by atoms with Gasteiger partial charge >= 0.3 is 0 Å². The molecule has 0 saturated carbocycles. The van der Waals surface area contributed by atoms with Crippen LogP contribution in [-0.4, -0.2) is 31.0 Å². The van der Waals surface area contributed by atoms with Gasteiger partial charge in [-0.05, 0) is 68.5 Å². The Labute approximate surface area is 194 Å². The number of anilines is 1. The molecule has 0 fully saturated rings. The monoisotopic (exact) mass is 470 g/mol. The zero-order valence-electron chi connectivity index (χ0n) is 19.2. The lowest BCUT2D eigenvalue weighted by molar-refractivity contribution is 0.0952. The van der Waals surface area contributed by atoms with Gasteiger partial charge in [-0.1, -0.05) is 36.7 Å². The van der Waals surface area contributed by atoms with Crippen LogP contribution in [0, 0.1) is 13.8 Å². The van der Waals surface area contributed by atoms with Crippen molar-refractivity contribution < 1.29 is 17.7 Å². The van der Waals surface area contributed by atoms with Crippen molar-refractivity contribution in [2.75, 3.05) is 11.3 Å². The van der Waals surface area contributed by atoms with Gasteiger partial charge in [-0.3, -0.25) is 9.52 Å². The SMILES string of the molecule is CCCCc1ccc(NS(=O)(=O)c2ccc(C)c(C(=O)NCCCc3nc(C)no3)c2)cc1. The van der Waals surface area contributed by atoms with Gasteiger partial charge in [0.2, 0.25) is 5.89 Å². The van der Waals surface area contributed by atoms with E-state index >= 15 is 0 Å². The largest absolute Gasteiger partial charge is 0.352 e. The summed E-state index contributed by atoms with van der Waals surface area (Å²) in [5.74, 6) is 0.769. The number of hydrogen-bond donors (Lipinski definition) is 2. The first-order valence-electron chi connectivity index (χ1n) is 11.1. The topological polar surface area (TPSA) is 114 Å². The lowest BCUT2D eigenvalue weighted by Crippen LogP contribution is -2.26. The van der Waals surface area contributed by atoms with E-state index in [4.69, 9.17) is 4.52 Å². The number of aryl methyl sites for hydroxylation is 4. The van der Waals surface area contributed by atoms with Crippen LogP contribution in [-0.2, 0) is 22.9 Å². The van der Waals surface area contributed by atoms with E-state index in [1.54, 1.807) is 32.0 Å². The third kappa shape index (κ3) is 6.89. The quantitative estimate of drug-likeness (QED) is 0.406. The molecule has 2 N–H and O–H groups in total. The second kappa shape index (κ2) is 11.1. The van der Waals surface area contributed by atoms with Crippen LogP contribution in [0.1, 0.15) is 59.4 Å². The number of rotatable bonds is 11. The fourth-order valence-corrected chi connectivity index (χ4v) is 4.41. The first-order valence-corrected chi connectivity index (χ1v) is 12.6. The van der Waals surface area contributed by atoms with Crippen LogP contribution in [0.4, 0.5) is 5.69 Å². The number of sulfonamides is 1. The molecular formula is C24H30N4O4S. The molecule has 1 heterocycles. The lowest BCUT2D eigenvalue weighted by atomic mass is 10.1. The summed E-state index contributed by atoms with van der Waals surface area (Å²) >= 11 is 0. The second-order valence-corrected chi connectivity index (χ2v) is 9.66. The minimum atomic E-state index is -3.83. The highest BCUT2D eigenvalue weighted by molar-refractivity contribution is 7.92. The Morgan fingerprint density at radius 3 is 2.45 bits per heavy atom. The predicted molar refractivity (Wildman–Crippen MR) is 127 cm³/mol. The fourth-order valence-electron chi connectivity index (χ4n) is 3.33. The van der Waals surface area contributed by atoms with Gasteiger partial charge in [0, 0.05) is 24.2 Å². The van der Waals surface area contributed by atoms with Crippen molar-refractivity contribution in [2.24, 2.45) is 0 Å². The number of nitrogens with one attached hydrogen (secondary N) is 2. The van der Waals surface area contributed by atoms with E-state index in [0.717, 1.165) is 19.3 Å². The van der Waals surface area contributed by atoms with E-state index in [9.17, 15) is 13.2 Å². The molecule has 3 aromatic rings. The highest BCUT2D eigenvalue weighted by atomic mass is 32.2. The van der Waals surface area contributed by atoms with Gasteiger partial charge < -0.3 is 9.84 Å². The lowest BCUT2D eigenvalue weighted by Gasteiger charge is -2.12. The summed E-state index contributed by atoms with van der Waals surface area (Å²) in [6.07, 6.45) is 4.34. The van der Waals surface area contributed by atoms with Crippen LogP contribution in [0.2, 0.25) is 0 Å². The van der Waals surface area contributed by atoms with Crippen molar-refractivity contribution in [3.8, 4) is 0 Å². The third-order valence-corrected chi connectivity index (χ3v) is 6.59. The van der Waals surface area contributed by atoms with Gasteiger partial charge in [0.25, 0.3) is 15.9 Å². The number of carbonyl (C=O) groups is 1. The fraction of sp³-hybridized carbons (Fsp3) is 0.375. The van der Waals surface area contributed by atoms with Gasteiger partial charge in [0.05, 0.1) is 4.90 Å². The first kappa shape index (κ1) is 24.4. The Hall–Kier alpha value is -3.20. The Morgan fingerprint density at radius 2 is 1.79 bits per heavy atom. The van der Waals surface area contributed by atoms with Crippen molar-refractivity contribution in [1.82, 2.24) is 15.5 Å². The maximum Gasteiger partial charge on any atom is 0.261 e. The van der Waals surface area contributed by atoms with Gasteiger partial charge in [0.15, 0.2) is 5.82 Å². The molecule has 0 spiro atoms. The number of carbonyl (C=O) groups excluding carboxylic acids is 1. The Morgan fingerprint density at radius 1 is 1.03 bits per heavy atom. The average molecular weight is 471 g/mol. The Balaban J connectivity index is 1.63. The average Bonchev–Trinajstić information content (AvgIpc) is 3.21. The molecule has 3 rings (SSSR count). The molecule has 8 nitrogen and oxygen atoms in total. The van der Waals surface area contributed by atoms with Crippen molar-refractivity contribution in [3.63, 3.8) is 0 Å². The summed E-state index contributed by atoms with van der Waals surface area (Å²) in [5, 5.41) is 6.56. The van der Waals surface area contributed by atoms with Gasteiger partial charge in [-0.2, -0.15) is 4.98 Å². The van der Waals surface area contributed by atoms with Crippen LogP contribution >= 0.6 is 0 Å². The summed E-state index contributed by atoms with van der Waals surface area (Å²) in [6, 6.07) is 11.9. The van der Waals surface area contributed by atoms with E-state index in [-0.39, 0.29) is 10.8 Å². The van der Waals surface area contributed by atoms with Gasteiger partial charge in [-0.15, -0.1) is 0 Å². The van der Waals surface area contributed by atoms with Crippen molar-refractivity contribution >= 4 is 21.6 Å². The van der Waals surface area contributed by atoms with Crippen LogP contribution in [0.25, 0.3) is 0 Å². The third-order valence-electron chi connectivity index (χ3n) is 5.21. The number of nitrogens with zero attached hydrogens (tertiary/aromatic N) is 2. The normalized spacial score (nSPS) is 11.4. The van der Waals surface area contributed by atoms with Crippen molar-refractivity contribution in [3.05, 3.63) is 70.9 Å². The van der Waals surface area contributed by atoms with E-state index in [2.05, 4.69) is 27.1 Å². The van der Waals surface area contributed by atoms with Crippen LogP contribution in [0.3, 0.4) is 0 Å². The molecular weight excluding hydrogens is 440 g/mol. The Bertz CT molecular complexity index is 1190. The molecule has 0 atom stereocenters. The molecule has 0 aliphatic carbocycles. The number of unbranched alkanes of at least 4 members (excludes halogenated alkanes) is 1. The summed E-state index contributed by atoms with van der Waals surface area (Å²) in [4.78, 5) is 16.8. The number of benzene rings is 2. The Kier molecular flexibility index (Phi) is 8.21. The number of hydrogen-bond acceptors (Lipinski definition) is 6. The highest BCUT2D eigenvalue weighted by Crippen LogP contribution is 2.20. The summed E-state index contributed by atoms with van der Waals surface area (Å²) in [6.45, 7) is 6.06. The second-order valence-electron chi connectivity index (χ2n) is 7.98. The number of amides is 1. The molecule has 1 aromatic heterocycles. The van der Waals surface area contributed by atoms with Crippen LogP contribution in [0.5, 0.6) is 0 Å². The van der Waals surface area contributed by atoms with Crippen molar-refractivity contribution in [2.45, 2.75) is 57.8 Å². The van der Waals surface area contributed by atoms with Gasteiger partial charge in [-0.25, -0.2) is 8.42 Å².